The standard InChI is InChI=1S/C25H29N13O6/c26-24(27)37-22(43)16-6-4-14(35-16)20(41)32-10-8-30-18(39)12-2-1-3-13(34-12)19(40)31-9-11-33-21(42)15-5-7-17(36-15)23(44)38-25(28)29/h1-7,35-36H,8-11H2,(H,30,39)(H,31,40)(H,32,41)(H,33,42)(H4,26,27,37,43)(H4,28,29,38,44)/p+2. The highest BCUT2D eigenvalue weighted by atomic mass is 16.2. The van der Waals surface area contributed by atoms with Gasteiger partial charge in [0.25, 0.3) is 29.5 Å². The second-order valence-corrected chi connectivity index (χ2v) is 8.82. The molecule has 0 aliphatic rings. The molecule has 0 saturated carbocycles. The summed E-state index contributed by atoms with van der Waals surface area (Å²) in [6.07, 6.45) is 0. The van der Waals surface area contributed by atoms with E-state index in [9.17, 15) is 28.8 Å². The molecule has 19 heteroatoms. The first-order valence-electron chi connectivity index (χ1n) is 12.8. The summed E-state index contributed by atoms with van der Waals surface area (Å²) in [5, 5.41) is 10.3. The van der Waals surface area contributed by atoms with Gasteiger partial charge in [0.05, 0.1) is 0 Å². The molecule has 16 N–H and O–H groups in total. The number of nitrogens with one attached hydrogen (secondary N) is 7. The van der Waals surface area contributed by atoms with Crippen LogP contribution in [0.15, 0.2) is 47.5 Å². The van der Waals surface area contributed by atoms with Gasteiger partial charge >= 0.3 is 11.9 Å². The maximum Gasteiger partial charge on any atom is 0.442 e. The van der Waals surface area contributed by atoms with Crippen molar-refractivity contribution < 1.29 is 39.5 Å². The normalized spacial score (nSPS) is 10.8. The number of hydrogen-bond donors (Lipinski definition) is 11. The van der Waals surface area contributed by atoms with Crippen LogP contribution in [0.25, 0.3) is 0 Å². The Hall–Kier alpha value is -6.37. The number of carbonyl (C=O) groups excluding carboxylic acids is 6. The van der Waals surface area contributed by atoms with E-state index in [4.69, 9.17) is 17.2 Å². The highest BCUT2D eigenvalue weighted by Gasteiger charge is 2.16. The van der Waals surface area contributed by atoms with E-state index in [-0.39, 0.29) is 66.3 Å². The molecule has 0 aliphatic carbocycles. The molecule has 0 saturated heterocycles. The minimum absolute atomic E-state index is 0.0186. The quantitative estimate of drug-likeness (QED) is 0.0525. The fraction of sp³-hybridized carbons (Fsp3) is 0.160. The molecule has 0 spiro atoms. The van der Waals surface area contributed by atoms with Crippen LogP contribution < -0.4 is 49.2 Å². The lowest BCUT2D eigenvalue weighted by Crippen LogP contribution is -2.91. The molecule has 0 radical (unpaired) electrons. The zero-order chi connectivity index (χ0) is 32.2. The van der Waals surface area contributed by atoms with Crippen LogP contribution in [0.5, 0.6) is 0 Å². The zero-order valence-corrected chi connectivity index (χ0v) is 23.2. The lowest BCUT2D eigenvalue weighted by molar-refractivity contribution is -0.416. The number of carbonyl (C=O) groups is 6. The van der Waals surface area contributed by atoms with Crippen molar-refractivity contribution in [3.05, 3.63) is 76.6 Å². The smallest absolute Gasteiger partial charge is 0.370 e. The van der Waals surface area contributed by atoms with Gasteiger partial charge in [0.1, 0.15) is 34.2 Å². The van der Waals surface area contributed by atoms with E-state index in [2.05, 4.69) is 51.9 Å². The Labute approximate surface area is 248 Å². The molecule has 0 fully saturated rings. The molecule has 3 heterocycles. The second kappa shape index (κ2) is 15.0. The Morgan fingerprint density at radius 1 is 0.682 bits per heavy atom. The van der Waals surface area contributed by atoms with E-state index in [0.29, 0.717) is 0 Å². The zero-order valence-electron chi connectivity index (χ0n) is 23.2. The van der Waals surface area contributed by atoms with Gasteiger partial charge in [-0.25, -0.2) is 15.5 Å². The number of aliphatic imine (C=N–C) groups is 1. The van der Waals surface area contributed by atoms with Crippen molar-refractivity contribution in [1.82, 2.24) is 36.2 Å². The van der Waals surface area contributed by atoms with Crippen molar-refractivity contribution in [3.8, 4) is 0 Å². The molecular formula is C25H31N13O6+2. The number of rotatable bonds is 12. The first-order valence-corrected chi connectivity index (χ1v) is 12.8. The number of nitrogens with zero attached hydrogens (tertiary/aromatic N) is 2. The number of hydrogen-bond acceptors (Lipinski definition) is 7. The molecular weight excluding hydrogens is 578 g/mol. The van der Waals surface area contributed by atoms with Crippen molar-refractivity contribution in [2.45, 2.75) is 0 Å². The van der Waals surface area contributed by atoms with Crippen LogP contribution in [0.4, 0.5) is 0 Å². The van der Waals surface area contributed by atoms with Crippen LogP contribution in [0.1, 0.15) is 62.9 Å². The van der Waals surface area contributed by atoms with E-state index in [1.807, 2.05) is 0 Å². The van der Waals surface area contributed by atoms with Crippen molar-refractivity contribution in [3.63, 3.8) is 0 Å². The SMILES string of the molecule is NC(N)=NC(=O)c1ccc(C(=O)NCCNC(=O)c2cccc(C(=O)NCCNC(=O)c3ccc(C(=O)[NH+]=C(N)[NH3+])[nH]3)n2)[nH]1. The number of H-pyrrole nitrogens is 2. The number of guanidine groups is 2. The number of amides is 6. The fourth-order valence-corrected chi connectivity index (χ4v) is 3.47. The minimum atomic E-state index is -0.739. The monoisotopic (exact) mass is 609 g/mol. The van der Waals surface area contributed by atoms with Crippen molar-refractivity contribution in [2.24, 2.45) is 22.2 Å². The summed E-state index contributed by atoms with van der Waals surface area (Å²) in [6.45, 7) is 0.201. The molecule has 0 aliphatic heterocycles. The largest absolute Gasteiger partial charge is 0.442 e. The molecule has 6 amide bonds. The topological polar surface area (TPSA) is 327 Å². The van der Waals surface area contributed by atoms with Gasteiger partial charge < -0.3 is 42.7 Å². The van der Waals surface area contributed by atoms with Gasteiger partial charge in [-0.05, 0) is 36.4 Å². The Balaban J connectivity index is 1.40. The number of nitrogens with two attached hydrogens (primary N) is 3. The van der Waals surface area contributed by atoms with E-state index in [1.54, 1.807) is 0 Å². The van der Waals surface area contributed by atoms with Gasteiger partial charge in [0.2, 0.25) is 0 Å². The van der Waals surface area contributed by atoms with Gasteiger partial charge in [-0.1, -0.05) is 6.07 Å². The van der Waals surface area contributed by atoms with E-state index < -0.39 is 41.4 Å². The summed E-state index contributed by atoms with van der Waals surface area (Å²) in [4.78, 5) is 88.1. The second-order valence-electron chi connectivity index (χ2n) is 8.82. The average molecular weight is 610 g/mol. The third kappa shape index (κ3) is 9.34. The third-order valence-electron chi connectivity index (χ3n) is 5.45. The summed E-state index contributed by atoms with van der Waals surface area (Å²) in [6, 6.07) is 9.84. The summed E-state index contributed by atoms with van der Waals surface area (Å²) < 4.78 is 0. The molecule has 0 unspecified atom stereocenters. The molecule has 0 aromatic carbocycles. The lowest BCUT2D eigenvalue weighted by Gasteiger charge is -2.08. The molecule has 3 aromatic rings. The van der Waals surface area contributed by atoms with E-state index in [1.165, 1.54) is 42.5 Å². The Morgan fingerprint density at radius 2 is 1.11 bits per heavy atom. The summed E-state index contributed by atoms with van der Waals surface area (Å²) in [5.41, 5.74) is 19.3. The molecule has 19 nitrogen and oxygen atoms in total. The molecule has 0 atom stereocenters. The first kappa shape index (κ1) is 32.1. The lowest BCUT2D eigenvalue weighted by atomic mass is 10.2. The number of aromatic nitrogens is 3. The van der Waals surface area contributed by atoms with Crippen LogP contribution in [0, 0.1) is 0 Å². The fourth-order valence-electron chi connectivity index (χ4n) is 3.47. The predicted octanol–water partition coefficient (Wildman–Crippen LogP) is -5.75. The van der Waals surface area contributed by atoms with Crippen LogP contribution >= 0.6 is 0 Å². The average Bonchev–Trinajstić information content (AvgIpc) is 3.68. The minimum Gasteiger partial charge on any atom is -0.370 e. The maximum absolute atomic E-state index is 12.5. The van der Waals surface area contributed by atoms with Crippen LogP contribution in [0.2, 0.25) is 0 Å². The highest BCUT2D eigenvalue weighted by molar-refractivity contribution is 6.02. The van der Waals surface area contributed by atoms with Gasteiger partial charge in [-0.3, -0.25) is 29.7 Å². The van der Waals surface area contributed by atoms with Gasteiger partial charge in [0.15, 0.2) is 5.96 Å². The van der Waals surface area contributed by atoms with Gasteiger partial charge in [-0.2, -0.15) is 9.98 Å². The predicted molar refractivity (Wildman–Crippen MR) is 153 cm³/mol. The maximum atomic E-state index is 12.5. The summed E-state index contributed by atoms with van der Waals surface area (Å²) in [5.74, 6) is -3.95. The van der Waals surface area contributed by atoms with Crippen LogP contribution in [0.3, 0.4) is 0 Å². The van der Waals surface area contributed by atoms with Crippen molar-refractivity contribution in [1.29, 1.82) is 0 Å². The molecule has 230 valence electrons. The molecule has 44 heavy (non-hydrogen) atoms. The van der Waals surface area contributed by atoms with E-state index in [0.717, 1.165) is 0 Å². The Morgan fingerprint density at radius 3 is 1.59 bits per heavy atom. The summed E-state index contributed by atoms with van der Waals surface area (Å²) in [7, 11) is 0. The third-order valence-corrected chi connectivity index (χ3v) is 5.45. The molecule has 3 aromatic heterocycles. The van der Waals surface area contributed by atoms with Crippen LogP contribution in [-0.4, -0.2) is 88.5 Å². The Bertz CT molecular complexity index is 1510. The summed E-state index contributed by atoms with van der Waals surface area (Å²) >= 11 is 0. The van der Waals surface area contributed by atoms with Gasteiger partial charge in [0, 0.05) is 26.2 Å². The molecule has 3 rings (SSSR count). The van der Waals surface area contributed by atoms with Gasteiger partial charge in [-0.15, -0.1) is 0 Å². The number of pyridine rings is 1. The highest BCUT2D eigenvalue weighted by Crippen LogP contribution is 2.04. The van der Waals surface area contributed by atoms with E-state index >= 15 is 0 Å². The Kier molecular flexibility index (Phi) is 11.0. The number of aromatic amines is 2. The number of quaternary nitrogens is 1. The van der Waals surface area contributed by atoms with Crippen LogP contribution in [-0.2, 0) is 0 Å². The van der Waals surface area contributed by atoms with Crippen molar-refractivity contribution >= 4 is 47.4 Å². The first-order chi connectivity index (χ1) is 20.9. The van der Waals surface area contributed by atoms with Crippen molar-refractivity contribution in [2.75, 3.05) is 26.2 Å². The molecule has 0 bridgehead atoms.